The number of amides is 1. The van der Waals surface area contributed by atoms with Gasteiger partial charge in [0.25, 0.3) is 5.91 Å². The highest BCUT2D eigenvalue weighted by molar-refractivity contribution is 6.32. The number of carbonyl (C=O) groups is 2. The van der Waals surface area contributed by atoms with Crippen LogP contribution in [0.25, 0.3) is 11.3 Å². The van der Waals surface area contributed by atoms with Gasteiger partial charge in [0.2, 0.25) is 0 Å². The van der Waals surface area contributed by atoms with E-state index in [-0.39, 0.29) is 17.9 Å². The molecule has 152 valence electrons. The third-order valence-electron chi connectivity index (χ3n) is 4.17. The molecule has 0 bridgehead atoms. The molecule has 0 aliphatic heterocycles. The highest BCUT2D eigenvalue weighted by Gasteiger charge is 2.12. The minimum absolute atomic E-state index is 0.0316. The van der Waals surface area contributed by atoms with Crippen molar-refractivity contribution >= 4 is 29.2 Å². The summed E-state index contributed by atoms with van der Waals surface area (Å²) in [6, 6.07) is 14.2. The number of rotatable bonds is 7. The van der Waals surface area contributed by atoms with E-state index in [0.29, 0.717) is 22.9 Å². The van der Waals surface area contributed by atoms with Gasteiger partial charge in [-0.25, -0.2) is 4.98 Å². The first-order valence-corrected chi connectivity index (χ1v) is 9.49. The molecule has 1 amide bonds. The summed E-state index contributed by atoms with van der Waals surface area (Å²) in [5, 5.41) is 11.6. The van der Waals surface area contributed by atoms with Gasteiger partial charge in [-0.2, -0.15) is 5.26 Å². The van der Waals surface area contributed by atoms with Crippen molar-refractivity contribution in [3.8, 4) is 17.4 Å². The van der Waals surface area contributed by atoms with Crippen LogP contribution in [0.1, 0.15) is 23.4 Å². The van der Waals surface area contributed by atoms with Crippen LogP contribution in [-0.2, 0) is 20.7 Å². The Hall–Kier alpha value is -3.63. The van der Waals surface area contributed by atoms with E-state index in [1.54, 1.807) is 12.3 Å². The number of aryl methyl sites for hydroxylation is 2. The van der Waals surface area contributed by atoms with Crippen molar-refractivity contribution in [3.05, 3.63) is 70.7 Å². The normalized spacial score (nSPS) is 10.3. The number of esters is 1. The SMILES string of the molecule is Cc1ccc(-c2cnc(CCC(=O)OCC(=O)Nc3ccc(C#N)c(Cl)c3)o2)cc1. The van der Waals surface area contributed by atoms with Gasteiger partial charge in [0.1, 0.15) is 6.07 Å². The molecule has 0 aliphatic carbocycles. The van der Waals surface area contributed by atoms with E-state index in [2.05, 4.69) is 10.3 Å². The lowest BCUT2D eigenvalue weighted by Gasteiger charge is -2.07. The van der Waals surface area contributed by atoms with E-state index in [9.17, 15) is 9.59 Å². The number of nitrogens with one attached hydrogen (secondary N) is 1. The van der Waals surface area contributed by atoms with E-state index < -0.39 is 18.5 Å². The Bertz CT molecular complexity index is 1100. The molecule has 7 nitrogen and oxygen atoms in total. The molecular weight excluding hydrogens is 406 g/mol. The lowest BCUT2D eigenvalue weighted by atomic mass is 10.1. The summed E-state index contributed by atoms with van der Waals surface area (Å²) in [6.45, 7) is 1.57. The Morgan fingerprint density at radius 2 is 2.00 bits per heavy atom. The molecule has 1 N–H and O–H groups in total. The van der Waals surface area contributed by atoms with Crippen LogP contribution in [0.5, 0.6) is 0 Å². The van der Waals surface area contributed by atoms with Crippen LogP contribution in [0, 0.1) is 18.3 Å². The number of oxazole rings is 1. The minimum atomic E-state index is -0.543. The van der Waals surface area contributed by atoms with E-state index in [1.165, 1.54) is 12.1 Å². The van der Waals surface area contributed by atoms with Gasteiger partial charge in [0, 0.05) is 17.7 Å². The topological polar surface area (TPSA) is 105 Å². The first-order valence-electron chi connectivity index (χ1n) is 9.11. The van der Waals surface area contributed by atoms with Gasteiger partial charge in [-0.15, -0.1) is 0 Å². The lowest BCUT2D eigenvalue weighted by molar-refractivity contribution is -0.147. The molecule has 0 saturated carbocycles. The third-order valence-corrected chi connectivity index (χ3v) is 4.48. The number of nitrogens with zero attached hydrogens (tertiary/aromatic N) is 2. The number of anilines is 1. The number of benzene rings is 2. The molecule has 0 aliphatic rings. The molecule has 0 spiro atoms. The van der Waals surface area contributed by atoms with Crippen molar-refractivity contribution in [2.75, 3.05) is 11.9 Å². The van der Waals surface area contributed by atoms with Crippen LogP contribution < -0.4 is 5.32 Å². The van der Waals surface area contributed by atoms with Gasteiger partial charge in [-0.05, 0) is 25.1 Å². The average molecular weight is 424 g/mol. The predicted octanol–water partition coefficient (Wildman–Crippen LogP) is 4.29. The summed E-state index contributed by atoms with van der Waals surface area (Å²) in [4.78, 5) is 28.0. The van der Waals surface area contributed by atoms with Crippen LogP contribution in [0.4, 0.5) is 5.69 Å². The Labute approximate surface area is 178 Å². The number of carbonyl (C=O) groups excluding carboxylic acids is 2. The maximum Gasteiger partial charge on any atom is 0.306 e. The second-order valence-electron chi connectivity index (χ2n) is 6.50. The second kappa shape index (κ2) is 9.72. The predicted molar refractivity (Wildman–Crippen MR) is 111 cm³/mol. The molecule has 0 radical (unpaired) electrons. The number of halogens is 1. The number of hydrogen-bond acceptors (Lipinski definition) is 6. The molecular formula is C22H18ClN3O4. The van der Waals surface area contributed by atoms with Gasteiger partial charge in [-0.1, -0.05) is 41.4 Å². The maximum atomic E-state index is 11.9. The molecule has 1 aromatic heterocycles. The van der Waals surface area contributed by atoms with Crippen molar-refractivity contribution in [1.29, 1.82) is 5.26 Å². The fourth-order valence-corrected chi connectivity index (χ4v) is 2.81. The van der Waals surface area contributed by atoms with E-state index in [4.69, 9.17) is 26.0 Å². The molecule has 1 heterocycles. The first kappa shape index (κ1) is 21.1. The van der Waals surface area contributed by atoms with E-state index in [0.717, 1.165) is 11.1 Å². The Balaban J connectivity index is 1.44. The van der Waals surface area contributed by atoms with Crippen LogP contribution >= 0.6 is 11.6 Å². The quantitative estimate of drug-likeness (QED) is 0.568. The van der Waals surface area contributed by atoms with Crippen molar-refractivity contribution in [1.82, 2.24) is 4.98 Å². The monoisotopic (exact) mass is 423 g/mol. The van der Waals surface area contributed by atoms with Gasteiger partial charge < -0.3 is 14.5 Å². The summed E-state index contributed by atoms with van der Waals surface area (Å²) >= 11 is 5.91. The Morgan fingerprint density at radius 1 is 1.23 bits per heavy atom. The molecule has 3 rings (SSSR count). The second-order valence-corrected chi connectivity index (χ2v) is 6.91. The van der Waals surface area contributed by atoms with Gasteiger partial charge in [0.05, 0.1) is 23.2 Å². The molecule has 0 saturated heterocycles. The van der Waals surface area contributed by atoms with Crippen molar-refractivity contribution < 1.29 is 18.7 Å². The van der Waals surface area contributed by atoms with Crippen molar-refractivity contribution in [3.63, 3.8) is 0 Å². The average Bonchev–Trinajstić information content (AvgIpc) is 3.20. The Morgan fingerprint density at radius 3 is 2.70 bits per heavy atom. The molecule has 3 aromatic rings. The van der Waals surface area contributed by atoms with Gasteiger partial charge in [-0.3, -0.25) is 9.59 Å². The number of ether oxygens (including phenoxy) is 1. The largest absolute Gasteiger partial charge is 0.456 e. The van der Waals surface area contributed by atoms with Gasteiger partial charge in [0.15, 0.2) is 18.3 Å². The van der Waals surface area contributed by atoms with Crippen molar-refractivity contribution in [2.45, 2.75) is 19.8 Å². The highest BCUT2D eigenvalue weighted by atomic mass is 35.5. The summed E-state index contributed by atoms with van der Waals surface area (Å²) in [5.41, 5.74) is 2.76. The zero-order valence-electron chi connectivity index (χ0n) is 16.1. The summed E-state index contributed by atoms with van der Waals surface area (Å²) in [5.74, 6) is -0.0157. The zero-order valence-corrected chi connectivity index (χ0v) is 16.9. The molecule has 8 heteroatoms. The standard InChI is InChI=1S/C22H18ClN3O4/c1-14-2-4-15(5-3-14)19-12-25-21(30-19)8-9-22(28)29-13-20(27)26-17-7-6-16(11-24)18(23)10-17/h2-7,10,12H,8-9,13H2,1H3,(H,26,27). The molecule has 0 fully saturated rings. The fraction of sp³-hybridized carbons (Fsp3) is 0.182. The summed E-state index contributed by atoms with van der Waals surface area (Å²) in [6.07, 6.45) is 1.91. The summed E-state index contributed by atoms with van der Waals surface area (Å²) in [7, 11) is 0. The number of nitriles is 1. The summed E-state index contributed by atoms with van der Waals surface area (Å²) < 4.78 is 10.6. The number of aromatic nitrogens is 1. The minimum Gasteiger partial charge on any atom is -0.456 e. The smallest absolute Gasteiger partial charge is 0.306 e. The molecule has 30 heavy (non-hydrogen) atoms. The Kier molecular flexibility index (Phi) is 6.83. The highest BCUT2D eigenvalue weighted by Crippen LogP contribution is 2.22. The van der Waals surface area contributed by atoms with Crippen LogP contribution in [0.2, 0.25) is 5.02 Å². The molecule has 0 atom stereocenters. The third kappa shape index (κ3) is 5.69. The van der Waals surface area contributed by atoms with Crippen LogP contribution in [0.15, 0.2) is 53.1 Å². The van der Waals surface area contributed by atoms with E-state index >= 15 is 0 Å². The van der Waals surface area contributed by atoms with Crippen molar-refractivity contribution in [2.24, 2.45) is 0 Å². The maximum absolute atomic E-state index is 11.9. The van der Waals surface area contributed by atoms with Gasteiger partial charge >= 0.3 is 5.97 Å². The molecule has 2 aromatic carbocycles. The first-order chi connectivity index (χ1) is 14.4. The van der Waals surface area contributed by atoms with Crippen LogP contribution in [-0.4, -0.2) is 23.5 Å². The zero-order chi connectivity index (χ0) is 21.5. The molecule has 0 unspecified atom stereocenters. The lowest BCUT2D eigenvalue weighted by Crippen LogP contribution is -2.21. The van der Waals surface area contributed by atoms with Crippen LogP contribution in [0.3, 0.4) is 0 Å². The van der Waals surface area contributed by atoms with E-state index in [1.807, 2.05) is 37.3 Å². The fourth-order valence-electron chi connectivity index (χ4n) is 2.58. The number of hydrogen-bond donors (Lipinski definition) is 1.